The fourth-order valence-electron chi connectivity index (χ4n) is 1.84. The summed E-state index contributed by atoms with van der Waals surface area (Å²) in [6.07, 6.45) is 1.96. The van der Waals surface area contributed by atoms with Crippen molar-refractivity contribution in [3.05, 3.63) is 12.7 Å². The third kappa shape index (κ3) is 3.30. The van der Waals surface area contributed by atoms with Gasteiger partial charge in [0.15, 0.2) is 0 Å². The molecule has 0 aromatic carbocycles. The Morgan fingerprint density at radius 3 is 3.00 bits per heavy atom. The van der Waals surface area contributed by atoms with E-state index in [0.717, 1.165) is 19.5 Å². The van der Waals surface area contributed by atoms with Crippen LogP contribution in [0.1, 0.15) is 13.3 Å². The number of rotatable bonds is 5. The van der Waals surface area contributed by atoms with Crippen molar-refractivity contribution >= 4 is 5.97 Å². The highest BCUT2D eigenvalue weighted by atomic mass is 16.8. The Balaban J connectivity index is 2.68. The van der Waals surface area contributed by atoms with E-state index in [2.05, 4.69) is 18.8 Å². The lowest BCUT2D eigenvalue weighted by molar-refractivity contribution is -1.11. The van der Waals surface area contributed by atoms with Crippen molar-refractivity contribution in [2.24, 2.45) is 0 Å². The Hall–Kier alpha value is -0.910. The van der Waals surface area contributed by atoms with E-state index in [4.69, 9.17) is 9.57 Å². The topological polar surface area (TPSA) is 47.6 Å². The lowest BCUT2D eigenvalue weighted by Gasteiger charge is -2.38. The standard InChI is InChI=1S/C11H21N2O3/c1-4-7-13(3,16-11(14)5-2)10-9-12-6-8-15-10/h5,10,12H,2,4,6-9H2,1,3H3/q+1. The Morgan fingerprint density at radius 2 is 2.50 bits per heavy atom. The van der Waals surface area contributed by atoms with Crippen LogP contribution in [0.5, 0.6) is 0 Å². The molecule has 1 heterocycles. The monoisotopic (exact) mass is 229 g/mol. The van der Waals surface area contributed by atoms with E-state index >= 15 is 0 Å². The van der Waals surface area contributed by atoms with Crippen molar-refractivity contribution in [2.45, 2.75) is 19.6 Å². The van der Waals surface area contributed by atoms with E-state index in [1.54, 1.807) is 0 Å². The van der Waals surface area contributed by atoms with Crippen molar-refractivity contribution in [3.63, 3.8) is 0 Å². The summed E-state index contributed by atoms with van der Waals surface area (Å²) in [6.45, 7) is 8.37. The van der Waals surface area contributed by atoms with Crippen LogP contribution in [-0.2, 0) is 14.4 Å². The lowest BCUT2D eigenvalue weighted by Crippen LogP contribution is -2.60. The molecule has 0 bridgehead atoms. The molecule has 0 aromatic rings. The molecule has 1 aliphatic heterocycles. The van der Waals surface area contributed by atoms with Gasteiger partial charge in [-0.3, -0.25) is 4.84 Å². The van der Waals surface area contributed by atoms with Gasteiger partial charge in [-0.05, 0) is 6.42 Å². The average molecular weight is 229 g/mol. The van der Waals surface area contributed by atoms with Crippen molar-refractivity contribution in [2.75, 3.05) is 33.3 Å². The van der Waals surface area contributed by atoms with Crippen LogP contribution in [0.2, 0.25) is 0 Å². The van der Waals surface area contributed by atoms with Gasteiger partial charge in [-0.15, -0.1) is 4.65 Å². The molecule has 2 atom stereocenters. The zero-order valence-electron chi connectivity index (χ0n) is 10.1. The first-order chi connectivity index (χ1) is 7.62. The predicted molar refractivity (Wildman–Crippen MR) is 60.2 cm³/mol. The Morgan fingerprint density at radius 1 is 1.75 bits per heavy atom. The van der Waals surface area contributed by atoms with E-state index in [0.29, 0.717) is 13.2 Å². The summed E-state index contributed by atoms with van der Waals surface area (Å²) in [5.41, 5.74) is 0. The molecule has 1 aliphatic rings. The van der Waals surface area contributed by atoms with Crippen LogP contribution in [0, 0.1) is 0 Å². The maximum Gasteiger partial charge on any atom is 0.389 e. The largest absolute Gasteiger partial charge is 0.389 e. The molecular formula is C11H21N2O3+. The van der Waals surface area contributed by atoms with Gasteiger partial charge in [0.25, 0.3) is 0 Å². The highest BCUT2D eigenvalue weighted by molar-refractivity contribution is 5.80. The molecule has 1 saturated heterocycles. The van der Waals surface area contributed by atoms with E-state index < -0.39 is 5.97 Å². The summed E-state index contributed by atoms with van der Waals surface area (Å²) in [5.74, 6) is -0.412. The Kier molecular flexibility index (Phi) is 4.92. The van der Waals surface area contributed by atoms with Gasteiger partial charge in [-0.25, -0.2) is 4.79 Å². The minimum atomic E-state index is -0.412. The Bertz CT molecular complexity index is 252. The van der Waals surface area contributed by atoms with E-state index in [1.807, 2.05) is 7.05 Å². The van der Waals surface area contributed by atoms with Crippen LogP contribution in [0.15, 0.2) is 12.7 Å². The molecule has 5 heteroatoms. The SMILES string of the molecule is C=CC(=O)O[N+](C)(CCC)C1CNCCO1. The average Bonchev–Trinajstić information content (AvgIpc) is 2.30. The van der Waals surface area contributed by atoms with Gasteiger partial charge in [-0.1, -0.05) is 13.5 Å². The van der Waals surface area contributed by atoms with E-state index in [1.165, 1.54) is 6.08 Å². The van der Waals surface area contributed by atoms with Gasteiger partial charge in [-0.2, -0.15) is 0 Å². The van der Waals surface area contributed by atoms with Crippen LogP contribution < -0.4 is 5.32 Å². The zero-order chi connectivity index (χ0) is 12.0. The third-order valence-corrected chi connectivity index (χ3v) is 2.65. The molecule has 0 aromatic heterocycles. The molecule has 16 heavy (non-hydrogen) atoms. The van der Waals surface area contributed by atoms with Gasteiger partial charge >= 0.3 is 5.97 Å². The number of hydrogen-bond acceptors (Lipinski definition) is 4. The number of carbonyl (C=O) groups excluding carboxylic acids is 1. The summed E-state index contributed by atoms with van der Waals surface area (Å²) < 4.78 is 5.79. The number of quaternary nitrogens is 1. The number of likely N-dealkylation sites (N-methyl/N-ethyl adjacent to an activating group) is 1. The van der Waals surface area contributed by atoms with Gasteiger partial charge in [0.1, 0.15) is 13.6 Å². The molecule has 0 saturated carbocycles. The second-order valence-electron chi connectivity index (χ2n) is 4.04. The number of hydroxylamine groups is 3. The number of hydrogen-bond donors (Lipinski definition) is 1. The molecule has 0 spiro atoms. The van der Waals surface area contributed by atoms with Crippen LogP contribution in [0.4, 0.5) is 0 Å². The summed E-state index contributed by atoms with van der Waals surface area (Å²) in [7, 11) is 1.86. The minimum Gasteiger partial charge on any atom is -0.324 e. The Labute approximate surface area is 96.6 Å². The number of carbonyl (C=O) groups is 1. The normalized spacial score (nSPS) is 24.5. The molecule has 92 valence electrons. The maximum atomic E-state index is 11.3. The predicted octanol–water partition coefficient (Wildman–Crippen LogP) is 0.433. The van der Waals surface area contributed by atoms with Crippen LogP contribution >= 0.6 is 0 Å². The molecule has 0 radical (unpaired) electrons. The molecule has 0 aliphatic carbocycles. The highest BCUT2D eigenvalue weighted by Crippen LogP contribution is 2.16. The summed E-state index contributed by atoms with van der Waals surface area (Å²) in [5, 5.41) is 3.23. The fraction of sp³-hybridized carbons (Fsp3) is 0.727. The van der Waals surface area contributed by atoms with Gasteiger partial charge in [0.05, 0.1) is 13.2 Å². The summed E-state index contributed by atoms with van der Waals surface area (Å²) in [4.78, 5) is 16.7. The molecular weight excluding hydrogens is 208 g/mol. The lowest BCUT2D eigenvalue weighted by atomic mass is 10.3. The first kappa shape index (κ1) is 13.2. The molecule has 5 nitrogen and oxygen atoms in total. The molecule has 1 rings (SSSR count). The second kappa shape index (κ2) is 5.98. The molecule has 0 amide bonds. The van der Waals surface area contributed by atoms with Crippen LogP contribution in [0.25, 0.3) is 0 Å². The first-order valence-corrected chi connectivity index (χ1v) is 5.66. The number of morpholine rings is 1. The van der Waals surface area contributed by atoms with Crippen molar-refractivity contribution in [1.82, 2.24) is 5.32 Å². The first-order valence-electron chi connectivity index (χ1n) is 5.66. The van der Waals surface area contributed by atoms with Gasteiger partial charge in [0.2, 0.25) is 6.23 Å². The van der Waals surface area contributed by atoms with Crippen LogP contribution in [0.3, 0.4) is 0 Å². The smallest absolute Gasteiger partial charge is 0.324 e. The van der Waals surface area contributed by atoms with E-state index in [-0.39, 0.29) is 10.9 Å². The number of nitrogens with zero attached hydrogens (tertiary/aromatic N) is 1. The highest BCUT2D eigenvalue weighted by Gasteiger charge is 2.38. The van der Waals surface area contributed by atoms with Crippen LogP contribution in [-0.4, -0.2) is 50.1 Å². The van der Waals surface area contributed by atoms with Crippen molar-refractivity contribution < 1.29 is 19.0 Å². The van der Waals surface area contributed by atoms with Crippen molar-refractivity contribution in [1.29, 1.82) is 0 Å². The van der Waals surface area contributed by atoms with Gasteiger partial charge < -0.3 is 10.1 Å². The minimum absolute atomic E-state index is 0.141. The van der Waals surface area contributed by atoms with Gasteiger partial charge in [0, 0.05) is 12.6 Å². The quantitative estimate of drug-likeness (QED) is 0.422. The van der Waals surface area contributed by atoms with Crippen molar-refractivity contribution in [3.8, 4) is 0 Å². The summed E-state index contributed by atoms with van der Waals surface area (Å²) >= 11 is 0. The maximum absolute atomic E-state index is 11.3. The fourth-order valence-corrected chi connectivity index (χ4v) is 1.84. The molecule has 1 fully saturated rings. The molecule has 2 unspecified atom stereocenters. The number of ether oxygens (including phenoxy) is 1. The zero-order valence-corrected chi connectivity index (χ0v) is 10.1. The number of nitrogens with one attached hydrogen (secondary N) is 1. The van der Waals surface area contributed by atoms with E-state index in [9.17, 15) is 4.79 Å². The second-order valence-corrected chi connectivity index (χ2v) is 4.04. The molecule has 1 N–H and O–H groups in total. The third-order valence-electron chi connectivity index (χ3n) is 2.65. The summed E-state index contributed by atoms with van der Waals surface area (Å²) in [6, 6.07) is 0.